The summed E-state index contributed by atoms with van der Waals surface area (Å²) in [6.45, 7) is 0. The van der Waals surface area contributed by atoms with Crippen LogP contribution in [0.3, 0.4) is 0 Å². The first-order chi connectivity index (χ1) is 11.7. The molecule has 5 nitrogen and oxygen atoms in total. The molecule has 0 unspecified atom stereocenters. The van der Waals surface area contributed by atoms with Crippen molar-refractivity contribution in [2.75, 3.05) is 5.32 Å². The molecule has 1 atom stereocenters. The molecule has 1 aliphatic rings. The molecule has 2 N–H and O–H groups in total. The number of anilines is 1. The lowest BCUT2D eigenvalue weighted by Gasteiger charge is -2.29. The number of benzene rings is 2. The lowest BCUT2D eigenvalue weighted by Crippen LogP contribution is -2.65. The highest BCUT2D eigenvalue weighted by atomic mass is 35.5. The zero-order valence-corrected chi connectivity index (χ0v) is 12.9. The van der Waals surface area contributed by atoms with Crippen LogP contribution in [-0.2, 0) is 0 Å². The van der Waals surface area contributed by atoms with E-state index >= 15 is 0 Å². The Labute approximate surface area is 143 Å². The SMILES string of the molecule is O=C(Nc1ccccc1F)N[C@]1(C(F)(F)F)Oc2ccc(Cl)cc2O1. The third-order valence-corrected chi connectivity index (χ3v) is 3.42. The minimum atomic E-state index is -5.13. The first kappa shape index (κ1) is 17.2. The van der Waals surface area contributed by atoms with Crippen molar-refractivity contribution in [3.63, 3.8) is 0 Å². The van der Waals surface area contributed by atoms with E-state index in [1.165, 1.54) is 30.3 Å². The molecule has 1 aliphatic heterocycles. The Morgan fingerprint density at radius 2 is 1.76 bits per heavy atom. The quantitative estimate of drug-likeness (QED) is 0.769. The number of alkyl halides is 3. The highest BCUT2D eigenvalue weighted by Crippen LogP contribution is 2.46. The number of halogens is 5. The van der Waals surface area contributed by atoms with E-state index in [-0.39, 0.29) is 22.2 Å². The largest absolute Gasteiger partial charge is 0.492 e. The van der Waals surface area contributed by atoms with Gasteiger partial charge in [-0.2, -0.15) is 13.2 Å². The van der Waals surface area contributed by atoms with Gasteiger partial charge in [0.2, 0.25) is 0 Å². The van der Waals surface area contributed by atoms with Gasteiger partial charge in [0.15, 0.2) is 11.5 Å². The van der Waals surface area contributed by atoms with Gasteiger partial charge in [-0.25, -0.2) is 9.18 Å². The van der Waals surface area contributed by atoms with E-state index in [4.69, 9.17) is 21.1 Å². The normalized spacial score (nSPS) is 18.8. The summed E-state index contributed by atoms with van der Waals surface area (Å²) in [5.41, 5.74) is -0.309. The number of fused-ring (bicyclic) bond motifs is 1. The van der Waals surface area contributed by atoms with Crippen LogP contribution in [0.1, 0.15) is 0 Å². The Morgan fingerprint density at radius 3 is 2.44 bits per heavy atom. The molecule has 0 spiro atoms. The Bertz CT molecular complexity index is 831. The van der Waals surface area contributed by atoms with Gasteiger partial charge in [0.05, 0.1) is 5.69 Å². The fourth-order valence-corrected chi connectivity index (χ4v) is 2.24. The average Bonchev–Trinajstić information content (AvgIpc) is 2.87. The van der Waals surface area contributed by atoms with Gasteiger partial charge in [0, 0.05) is 11.1 Å². The molecule has 2 aromatic carbocycles. The molecule has 25 heavy (non-hydrogen) atoms. The van der Waals surface area contributed by atoms with Crippen LogP contribution < -0.4 is 20.1 Å². The number of carbonyl (C=O) groups is 1. The molecule has 0 aromatic heterocycles. The first-order valence-corrected chi connectivity index (χ1v) is 7.16. The van der Waals surface area contributed by atoms with Crippen LogP contribution >= 0.6 is 11.6 Å². The maximum atomic E-state index is 13.5. The van der Waals surface area contributed by atoms with Gasteiger partial charge in [0.25, 0.3) is 0 Å². The number of rotatable bonds is 2. The molecule has 10 heteroatoms. The predicted octanol–water partition coefficient (Wildman–Crippen LogP) is 4.29. The van der Waals surface area contributed by atoms with Crippen molar-refractivity contribution < 1.29 is 31.8 Å². The molecular formula is C15H9ClF4N2O3. The summed E-state index contributed by atoms with van der Waals surface area (Å²) in [6.07, 6.45) is -5.13. The van der Waals surface area contributed by atoms with Crippen LogP contribution in [0.25, 0.3) is 0 Å². The van der Waals surface area contributed by atoms with E-state index in [9.17, 15) is 22.4 Å². The van der Waals surface area contributed by atoms with Crippen LogP contribution in [0, 0.1) is 5.82 Å². The van der Waals surface area contributed by atoms with Crippen LogP contribution in [-0.4, -0.2) is 18.1 Å². The van der Waals surface area contributed by atoms with Crippen molar-refractivity contribution >= 4 is 23.3 Å². The number of hydrogen-bond acceptors (Lipinski definition) is 3. The lowest BCUT2D eigenvalue weighted by molar-refractivity contribution is -0.317. The standard InChI is InChI=1S/C15H9ClF4N2O3/c16-8-5-6-11-12(7-8)25-15(24-11,14(18,19)20)22-13(23)21-10-4-2-1-3-9(10)17/h1-7H,(H2,21,22,23)/t15-/m1/s1. The van der Waals surface area contributed by atoms with Crippen LogP contribution in [0.5, 0.6) is 11.5 Å². The van der Waals surface area contributed by atoms with Gasteiger partial charge >= 0.3 is 18.1 Å². The first-order valence-electron chi connectivity index (χ1n) is 6.78. The number of amides is 2. The number of urea groups is 1. The topological polar surface area (TPSA) is 59.6 Å². The van der Waals surface area contributed by atoms with E-state index in [1.54, 1.807) is 5.32 Å². The average molecular weight is 377 g/mol. The van der Waals surface area contributed by atoms with Crippen LogP contribution in [0.4, 0.5) is 28.0 Å². The highest BCUT2D eigenvalue weighted by molar-refractivity contribution is 6.30. The lowest BCUT2D eigenvalue weighted by atomic mass is 10.3. The van der Waals surface area contributed by atoms with Crippen LogP contribution in [0.2, 0.25) is 5.02 Å². The maximum absolute atomic E-state index is 13.5. The van der Waals surface area contributed by atoms with E-state index in [2.05, 4.69) is 0 Å². The zero-order valence-electron chi connectivity index (χ0n) is 12.2. The van der Waals surface area contributed by atoms with E-state index in [1.807, 2.05) is 5.32 Å². The molecule has 2 aromatic rings. The predicted molar refractivity (Wildman–Crippen MR) is 80.0 cm³/mol. The van der Waals surface area contributed by atoms with E-state index in [0.717, 1.165) is 12.1 Å². The second kappa shape index (κ2) is 5.99. The Morgan fingerprint density at radius 1 is 1.08 bits per heavy atom. The number of carbonyl (C=O) groups excluding carboxylic acids is 1. The van der Waals surface area contributed by atoms with Gasteiger partial charge < -0.3 is 14.8 Å². The number of hydrogen-bond donors (Lipinski definition) is 2. The molecule has 1 heterocycles. The summed E-state index contributed by atoms with van der Waals surface area (Å²) in [5, 5.41) is 3.63. The summed E-state index contributed by atoms with van der Waals surface area (Å²) in [6, 6.07) is 7.19. The Kier molecular flexibility index (Phi) is 4.11. The Hall–Kier alpha value is -2.68. The summed E-state index contributed by atoms with van der Waals surface area (Å²) in [4.78, 5) is 11.9. The van der Waals surface area contributed by atoms with Gasteiger partial charge in [0.1, 0.15) is 5.82 Å². The van der Waals surface area contributed by atoms with Gasteiger partial charge in [-0.1, -0.05) is 23.7 Å². The zero-order chi connectivity index (χ0) is 18.2. The van der Waals surface area contributed by atoms with Gasteiger partial charge in [-0.05, 0) is 24.3 Å². The van der Waals surface area contributed by atoms with E-state index < -0.39 is 23.9 Å². The summed E-state index contributed by atoms with van der Waals surface area (Å²) >= 11 is 5.70. The van der Waals surface area contributed by atoms with Crippen molar-refractivity contribution in [2.45, 2.75) is 12.1 Å². The second-order valence-electron chi connectivity index (χ2n) is 4.97. The van der Waals surface area contributed by atoms with Crippen molar-refractivity contribution in [1.82, 2.24) is 5.32 Å². The number of para-hydroxylation sites is 1. The molecule has 0 bridgehead atoms. The third kappa shape index (κ3) is 3.27. The van der Waals surface area contributed by atoms with Gasteiger partial charge in [-0.15, -0.1) is 0 Å². The fourth-order valence-electron chi connectivity index (χ4n) is 2.08. The monoisotopic (exact) mass is 376 g/mol. The smallest absolute Gasteiger partial charge is 0.424 e. The number of nitrogens with one attached hydrogen (secondary N) is 2. The summed E-state index contributed by atoms with van der Waals surface area (Å²) in [5.74, 6) is -4.83. The summed E-state index contributed by atoms with van der Waals surface area (Å²) < 4.78 is 63.5. The Balaban J connectivity index is 1.84. The number of ether oxygens (including phenoxy) is 2. The molecule has 0 saturated carbocycles. The van der Waals surface area contributed by atoms with Crippen molar-refractivity contribution in [3.05, 3.63) is 53.3 Å². The minimum absolute atomic E-state index is 0.121. The molecule has 0 radical (unpaired) electrons. The molecule has 132 valence electrons. The molecule has 0 fully saturated rings. The molecule has 0 aliphatic carbocycles. The molecule has 0 saturated heterocycles. The van der Waals surface area contributed by atoms with Gasteiger partial charge in [-0.3, -0.25) is 5.32 Å². The van der Waals surface area contributed by atoms with Crippen molar-refractivity contribution in [3.8, 4) is 11.5 Å². The fraction of sp³-hybridized carbons (Fsp3) is 0.133. The minimum Gasteiger partial charge on any atom is -0.424 e. The maximum Gasteiger partial charge on any atom is 0.492 e. The molecule has 2 amide bonds. The van der Waals surface area contributed by atoms with Crippen molar-refractivity contribution in [2.24, 2.45) is 0 Å². The third-order valence-electron chi connectivity index (χ3n) is 3.19. The van der Waals surface area contributed by atoms with Crippen LogP contribution in [0.15, 0.2) is 42.5 Å². The second-order valence-corrected chi connectivity index (χ2v) is 5.40. The highest BCUT2D eigenvalue weighted by Gasteiger charge is 2.65. The van der Waals surface area contributed by atoms with E-state index in [0.29, 0.717) is 0 Å². The summed E-state index contributed by atoms with van der Waals surface area (Å²) in [7, 11) is 0. The molecule has 3 rings (SSSR count). The van der Waals surface area contributed by atoms with Crippen molar-refractivity contribution in [1.29, 1.82) is 0 Å². The molecular weight excluding hydrogens is 368 g/mol.